The van der Waals surface area contributed by atoms with E-state index >= 15 is 0 Å². The maximum atomic E-state index is 12.7. The predicted octanol–water partition coefficient (Wildman–Crippen LogP) is 5.61. The number of hydrogen-bond acceptors (Lipinski definition) is 4. The highest BCUT2D eigenvalue weighted by Crippen LogP contribution is 2.41. The fraction of sp³-hybridized carbons (Fsp3) is 0.368. The van der Waals surface area contributed by atoms with Gasteiger partial charge in [-0.15, -0.1) is 11.3 Å². The summed E-state index contributed by atoms with van der Waals surface area (Å²) in [7, 11) is 1.35. The summed E-state index contributed by atoms with van der Waals surface area (Å²) in [6, 6.07) is 4.71. The standard InChI is InChI=1S/C19H19Cl2NO3S/c1-3-10-4-6-12-15(8-10)26-18(16(12)19(24)25-2)22-17(23)13-9-11(20)5-7-14(13)21/h5,7,9-10H,3-4,6,8H2,1-2H3,(H,22,23). The average Bonchev–Trinajstić information content (AvgIpc) is 2.99. The van der Waals surface area contributed by atoms with Gasteiger partial charge in [-0.2, -0.15) is 0 Å². The second kappa shape index (κ2) is 7.99. The van der Waals surface area contributed by atoms with Crippen molar-refractivity contribution in [3.8, 4) is 0 Å². The minimum absolute atomic E-state index is 0.271. The molecule has 0 radical (unpaired) electrons. The number of ether oxygens (including phenoxy) is 1. The van der Waals surface area contributed by atoms with E-state index in [0.29, 0.717) is 26.5 Å². The van der Waals surface area contributed by atoms with Gasteiger partial charge in [0.2, 0.25) is 0 Å². The largest absolute Gasteiger partial charge is 0.465 e. The summed E-state index contributed by atoms with van der Waals surface area (Å²) in [6.45, 7) is 2.17. The van der Waals surface area contributed by atoms with Gasteiger partial charge in [-0.05, 0) is 48.9 Å². The summed E-state index contributed by atoms with van der Waals surface area (Å²) < 4.78 is 4.95. The van der Waals surface area contributed by atoms with E-state index in [9.17, 15) is 9.59 Å². The molecule has 1 atom stereocenters. The molecule has 4 nitrogen and oxygen atoms in total. The van der Waals surface area contributed by atoms with Gasteiger partial charge in [0.05, 0.1) is 23.3 Å². The van der Waals surface area contributed by atoms with E-state index in [1.165, 1.54) is 24.5 Å². The fourth-order valence-corrected chi connectivity index (χ4v) is 4.97. The van der Waals surface area contributed by atoms with Crippen LogP contribution < -0.4 is 5.32 Å². The number of anilines is 1. The number of esters is 1. The Labute approximate surface area is 166 Å². The van der Waals surface area contributed by atoms with Gasteiger partial charge in [-0.25, -0.2) is 4.79 Å². The molecule has 1 heterocycles. The van der Waals surface area contributed by atoms with Gasteiger partial charge in [0.1, 0.15) is 5.00 Å². The molecule has 1 aliphatic carbocycles. The number of hydrogen-bond donors (Lipinski definition) is 1. The minimum atomic E-state index is -0.426. The number of thiophene rings is 1. The summed E-state index contributed by atoms with van der Waals surface area (Å²) in [5, 5.41) is 4.07. The van der Waals surface area contributed by atoms with E-state index in [4.69, 9.17) is 27.9 Å². The van der Waals surface area contributed by atoms with Crippen LogP contribution in [0.5, 0.6) is 0 Å². The number of methoxy groups -OCH3 is 1. The SMILES string of the molecule is CCC1CCc2c(sc(NC(=O)c3cc(Cl)ccc3Cl)c2C(=O)OC)C1. The summed E-state index contributed by atoms with van der Waals surface area (Å²) in [6.07, 6.45) is 3.89. The normalized spacial score (nSPS) is 16.1. The van der Waals surface area contributed by atoms with Crippen molar-refractivity contribution in [3.63, 3.8) is 0 Å². The number of carbonyl (C=O) groups is 2. The summed E-state index contributed by atoms with van der Waals surface area (Å²) >= 11 is 13.5. The van der Waals surface area contributed by atoms with Crippen LogP contribution in [0.15, 0.2) is 18.2 Å². The van der Waals surface area contributed by atoms with E-state index in [0.717, 1.165) is 36.1 Å². The Morgan fingerprint density at radius 2 is 2.12 bits per heavy atom. The Morgan fingerprint density at radius 1 is 1.35 bits per heavy atom. The lowest BCUT2D eigenvalue weighted by Crippen LogP contribution is -2.16. The third kappa shape index (κ3) is 3.75. The third-order valence-corrected chi connectivity index (χ3v) is 6.47. The number of benzene rings is 1. The monoisotopic (exact) mass is 411 g/mol. The van der Waals surface area contributed by atoms with E-state index in [-0.39, 0.29) is 5.56 Å². The zero-order valence-corrected chi connectivity index (χ0v) is 16.9. The lowest BCUT2D eigenvalue weighted by molar-refractivity contribution is 0.0601. The van der Waals surface area contributed by atoms with Crippen LogP contribution in [0.4, 0.5) is 5.00 Å². The maximum Gasteiger partial charge on any atom is 0.341 e. The molecule has 26 heavy (non-hydrogen) atoms. The predicted molar refractivity (Wildman–Crippen MR) is 106 cm³/mol. The molecular formula is C19H19Cl2NO3S. The van der Waals surface area contributed by atoms with Crippen LogP contribution in [-0.4, -0.2) is 19.0 Å². The molecule has 0 bridgehead atoms. The van der Waals surface area contributed by atoms with Gasteiger partial charge in [0.15, 0.2) is 0 Å². The van der Waals surface area contributed by atoms with Crippen molar-refractivity contribution in [2.75, 3.05) is 12.4 Å². The van der Waals surface area contributed by atoms with Gasteiger partial charge in [0.25, 0.3) is 5.91 Å². The molecule has 138 valence electrons. The van der Waals surface area contributed by atoms with E-state index in [2.05, 4.69) is 12.2 Å². The number of rotatable bonds is 4. The molecule has 2 aromatic rings. The molecule has 1 unspecified atom stereocenters. The van der Waals surface area contributed by atoms with E-state index in [1.54, 1.807) is 12.1 Å². The molecule has 0 spiro atoms. The Kier molecular flexibility index (Phi) is 5.90. The minimum Gasteiger partial charge on any atom is -0.465 e. The highest BCUT2D eigenvalue weighted by Gasteiger charge is 2.30. The van der Waals surface area contributed by atoms with Crippen LogP contribution in [0.3, 0.4) is 0 Å². The van der Waals surface area contributed by atoms with Crippen LogP contribution in [0.2, 0.25) is 10.0 Å². The first-order valence-electron chi connectivity index (χ1n) is 8.43. The van der Waals surface area contributed by atoms with E-state index in [1.807, 2.05) is 0 Å². The third-order valence-electron chi connectivity index (χ3n) is 4.73. The number of halogens is 2. The summed E-state index contributed by atoms with van der Waals surface area (Å²) in [5.74, 6) is -0.212. The van der Waals surface area contributed by atoms with Crippen LogP contribution >= 0.6 is 34.5 Å². The molecule has 1 N–H and O–H groups in total. The van der Waals surface area contributed by atoms with Crippen LogP contribution in [0.25, 0.3) is 0 Å². The second-order valence-electron chi connectivity index (χ2n) is 6.29. The molecule has 0 saturated heterocycles. The highest BCUT2D eigenvalue weighted by molar-refractivity contribution is 7.17. The van der Waals surface area contributed by atoms with Crippen LogP contribution in [-0.2, 0) is 17.6 Å². The molecule has 0 saturated carbocycles. The zero-order chi connectivity index (χ0) is 18.8. The van der Waals surface area contributed by atoms with Crippen molar-refractivity contribution in [3.05, 3.63) is 49.8 Å². The molecule has 1 aliphatic rings. The molecule has 0 fully saturated rings. The second-order valence-corrected chi connectivity index (χ2v) is 8.24. The molecule has 3 rings (SSSR count). The molecule has 1 aromatic heterocycles. The van der Waals surface area contributed by atoms with Crippen molar-refractivity contribution in [2.24, 2.45) is 5.92 Å². The lowest BCUT2D eigenvalue weighted by Gasteiger charge is -2.20. The average molecular weight is 412 g/mol. The quantitative estimate of drug-likeness (QED) is 0.665. The number of carbonyl (C=O) groups excluding carboxylic acids is 2. The smallest absolute Gasteiger partial charge is 0.341 e. The first kappa shape index (κ1) is 19.2. The van der Waals surface area contributed by atoms with Gasteiger partial charge in [0, 0.05) is 9.90 Å². The van der Waals surface area contributed by atoms with Crippen LogP contribution in [0.1, 0.15) is 50.9 Å². The molecule has 1 amide bonds. The van der Waals surface area contributed by atoms with Gasteiger partial charge < -0.3 is 10.1 Å². The van der Waals surface area contributed by atoms with Gasteiger partial charge in [-0.3, -0.25) is 4.79 Å². The highest BCUT2D eigenvalue weighted by atomic mass is 35.5. The number of nitrogens with one attached hydrogen (secondary N) is 1. The van der Waals surface area contributed by atoms with Crippen molar-refractivity contribution >= 4 is 51.4 Å². The molecule has 7 heteroatoms. The Bertz CT molecular complexity index is 863. The van der Waals surface area contributed by atoms with Gasteiger partial charge >= 0.3 is 5.97 Å². The molecule has 0 aliphatic heterocycles. The van der Waals surface area contributed by atoms with E-state index < -0.39 is 11.9 Å². The molecular weight excluding hydrogens is 393 g/mol. The van der Waals surface area contributed by atoms with Crippen molar-refractivity contribution in [1.82, 2.24) is 0 Å². The Balaban J connectivity index is 1.96. The summed E-state index contributed by atoms with van der Waals surface area (Å²) in [4.78, 5) is 26.2. The fourth-order valence-electron chi connectivity index (χ4n) is 3.25. The maximum absolute atomic E-state index is 12.7. The van der Waals surface area contributed by atoms with Crippen molar-refractivity contribution < 1.29 is 14.3 Å². The Morgan fingerprint density at radius 3 is 2.81 bits per heavy atom. The zero-order valence-electron chi connectivity index (χ0n) is 14.5. The molecule has 1 aromatic carbocycles. The van der Waals surface area contributed by atoms with Crippen LogP contribution in [0, 0.1) is 5.92 Å². The number of amides is 1. The first-order valence-corrected chi connectivity index (χ1v) is 10.0. The first-order chi connectivity index (χ1) is 12.4. The Hall–Kier alpha value is -1.56. The lowest BCUT2D eigenvalue weighted by atomic mass is 9.85. The van der Waals surface area contributed by atoms with Crippen molar-refractivity contribution in [2.45, 2.75) is 32.6 Å². The topological polar surface area (TPSA) is 55.4 Å². The summed E-state index contributed by atoms with van der Waals surface area (Å²) in [5.41, 5.74) is 1.74. The van der Waals surface area contributed by atoms with Gasteiger partial charge in [-0.1, -0.05) is 36.5 Å². The number of fused-ring (bicyclic) bond motifs is 1. The van der Waals surface area contributed by atoms with Crippen molar-refractivity contribution in [1.29, 1.82) is 0 Å².